The Hall–Kier alpha value is -1.02. The van der Waals surface area contributed by atoms with Crippen LogP contribution in [0.15, 0.2) is 24.3 Å². The van der Waals surface area contributed by atoms with Gasteiger partial charge in [0, 0.05) is 17.6 Å². The lowest BCUT2D eigenvalue weighted by molar-refractivity contribution is 0.309. The fourth-order valence-corrected chi connectivity index (χ4v) is 1.46. The number of hydrogen-bond acceptors (Lipinski definition) is 2. The number of hydrogen-bond donors (Lipinski definition) is 1. The molecule has 0 atom stereocenters. The smallest absolute Gasteiger partial charge is 0.123 e. The molecule has 0 saturated heterocycles. The van der Waals surface area contributed by atoms with Gasteiger partial charge in [-0.25, -0.2) is 0 Å². The molecule has 1 aromatic carbocycles. The molecule has 0 unspecified atom stereocenters. The third-order valence-electron chi connectivity index (χ3n) is 3.08. The highest BCUT2D eigenvalue weighted by Crippen LogP contribution is 2.19. The molecule has 0 spiro atoms. The van der Waals surface area contributed by atoms with Gasteiger partial charge in [-0.15, -0.1) is 0 Å². The van der Waals surface area contributed by atoms with Crippen LogP contribution in [0, 0.1) is 0 Å². The van der Waals surface area contributed by atoms with E-state index < -0.39 is 0 Å². The van der Waals surface area contributed by atoms with Gasteiger partial charge in [-0.1, -0.05) is 32.0 Å². The second-order valence-corrected chi connectivity index (χ2v) is 5.05. The van der Waals surface area contributed by atoms with Crippen molar-refractivity contribution >= 4 is 0 Å². The molecular weight excluding hydrogens is 210 g/mol. The molecule has 96 valence electrons. The van der Waals surface area contributed by atoms with E-state index in [0.29, 0.717) is 0 Å². The summed E-state index contributed by atoms with van der Waals surface area (Å²) in [6.07, 6.45) is 2.16. The van der Waals surface area contributed by atoms with Gasteiger partial charge in [-0.3, -0.25) is 0 Å². The maximum atomic E-state index is 5.75. The summed E-state index contributed by atoms with van der Waals surface area (Å²) in [5.74, 6) is 1.01. The molecule has 0 aliphatic heterocycles. The summed E-state index contributed by atoms with van der Waals surface area (Å²) < 4.78 is 5.75. The molecule has 0 amide bonds. The third-order valence-corrected chi connectivity index (χ3v) is 3.08. The zero-order valence-corrected chi connectivity index (χ0v) is 11.5. The summed E-state index contributed by atoms with van der Waals surface area (Å²) in [7, 11) is 0. The van der Waals surface area contributed by atoms with Gasteiger partial charge in [0.2, 0.25) is 0 Å². The number of ether oxygens (including phenoxy) is 1. The highest BCUT2D eigenvalue weighted by molar-refractivity contribution is 5.33. The highest BCUT2D eigenvalue weighted by atomic mass is 16.5. The average molecular weight is 235 g/mol. The summed E-state index contributed by atoms with van der Waals surface area (Å²) >= 11 is 0. The van der Waals surface area contributed by atoms with Crippen LogP contribution in [0.1, 0.15) is 46.1 Å². The van der Waals surface area contributed by atoms with Crippen molar-refractivity contribution in [3.63, 3.8) is 0 Å². The number of para-hydroxylation sites is 1. The van der Waals surface area contributed by atoms with Gasteiger partial charge >= 0.3 is 0 Å². The predicted octanol–water partition coefficient (Wildman–Crippen LogP) is 3.75. The Morgan fingerprint density at radius 1 is 1.18 bits per heavy atom. The summed E-state index contributed by atoms with van der Waals surface area (Å²) in [5, 5.41) is 3.56. The van der Waals surface area contributed by atoms with E-state index in [0.717, 1.165) is 31.7 Å². The van der Waals surface area contributed by atoms with Crippen molar-refractivity contribution < 1.29 is 4.74 Å². The van der Waals surface area contributed by atoms with Crippen LogP contribution >= 0.6 is 0 Å². The molecule has 1 rings (SSSR count). The molecule has 1 aromatic rings. The minimum absolute atomic E-state index is 0.178. The van der Waals surface area contributed by atoms with Gasteiger partial charge < -0.3 is 10.1 Å². The van der Waals surface area contributed by atoms with E-state index in [1.165, 1.54) is 5.56 Å². The summed E-state index contributed by atoms with van der Waals surface area (Å²) in [5.41, 5.74) is 1.42. The van der Waals surface area contributed by atoms with E-state index in [2.05, 4.69) is 45.1 Å². The Kier molecular flexibility index (Phi) is 5.49. The lowest BCUT2D eigenvalue weighted by Gasteiger charge is -2.25. The van der Waals surface area contributed by atoms with Crippen LogP contribution in [0.3, 0.4) is 0 Å². The highest BCUT2D eigenvalue weighted by Gasteiger charge is 2.14. The topological polar surface area (TPSA) is 21.3 Å². The first-order valence-electron chi connectivity index (χ1n) is 6.55. The molecule has 0 bridgehead atoms. The maximum Gasteiger partial charge on any atom is 0.123 e. The van der Waals surface area contributed by atoms with Crippen LogP contribution in [-0.4, -0.2) is 12.1 Å². The fourth-order valence-electron chi connectivity index (χ4n) is 1.46. The van der Waals surface area contributed by atoms with Crippen molar-refractivity contribution in [3.05, 3.63) is 29.8 Å². The summed E-state index contributed by atoms with van der Waals surface area (Å²) in [6.45, 7) is 10.4. The minimum Gasteiger partial charge on any atom is -0.493 e. The van der Waals surface area contributed by atoms with Crippen LogP contribution in [0.5, 0.6) is 5.75 Å². The van der Waals surface area contributed by atoms with Gasteiger partial charge in [-0.2, -0.15) is 0 Å². The van der Waals surface area contributed by atoms with Crippen LogP contribution in [0.25, 0.3) is 0 Å². The molecule has 0 saturated carbocycles. The lowest BCUT2D eigenvalue weighted by Crippen LogP contribution is -2.37. The van der Waals surface area contributed by atoms with E-state index in [4.69, 9.17) is 4.74 Å². The number of nitrogens with one attached hydrogen (secondary N) is 1. The molecule has 0 aliphatic rings. The molecule has 0 aliphatic carbocycles. The molecule has 0 fully saturated rings. The third kappa shape index (κ3) is 4.78. The quantitative estimate of drug-likeness (QED) is 0.777. The molecule has 0 heterocycles. The Labute approximate surface area is 105 Å². The first kappa shape index (κ1) is 14.0. The van der Waals surface area contributed by atoms with E-state index in [-0.39, 0.29) is 5.54 Å². The van der Waals surface area contributed by atoms with Crippen molar-refractivity contribution in [2.45, 2.75) is 52.6 Å². The lowest BCUT2D eigenvalue weighted by atomic mass is 10.0. The van der Waals surface area contributed by atoms with Crippen LogP contribution < -0.4 is 10.1 Å². The van der Waals surface area contributed by atoms with Crippen molar-refractivity contribution in [1.29, 1.82) is 0 Å². The second-order valence-electron chi connectivity index (χ2n) is 5.05. The average Bonchev–Trinajstić information content (AvgIpc) is 2.35. The maximum absolute atomic E-state index is 5.75. The van der Waals surface area contributed by atoms with Crippen molar-refractivity contribution in [3.8, 4) is 5.75 Å². The predicted molar refractivity (Wildman–Crippen MR) is 73.4 cm³/mol. The monoisotopic (exact) mass is 235 g/mol. The standard InChI is InChI=1S/C15H25NO/c1-5-11-17-14-10-8-7-9-13(14)12-16-15(3,4)6-2/h7-10,16H,5-6,11-12H2,1-4H3. The van der Waals surface area contributed by atoms with Crippen LogP contribution in [0.2, 0.25) is 0 Å². The van der Waals surface area contributed by atoms with Crippen molar-refractivity contribution in [2.24, 2.45) is 0 Å². The summed E-state index contributed by atoms with van der Waals surface area (Å²) in [4.78, 5) is 0. The van der Waals surface area contributed by atoms with Crippen LogP contribution in [0.4, 0.5) is 0 Å². The molecular formula is C15H25NO. The van der Waals surface area contributed by atoms with Gasteiger partial charge in [0.1, 0.15) is 5.75 Å². The fraction of sp³-hybridized carbons (Fsp3) is 0.600. The molecule has 2 nitrogen and oxygen atoms in total. The molecule has 1 N–H and O–H groups in total. The van der Waals surface area contributed by atoms with Gasteiger partial charge in [0.05, 0.1) is 6.61 Å². The molecule has 0 radical (unpaired) electrons. The Morgan fingerprint density at radius 2 is 1.88 bits per heavy atom. The second kappa shape index (κ2) is 6.65. The normalized spacial score (nSPS) is 11.5. The zero-order valence-electron chi connectivity index (χ0n) is 11.5. The van der Waals surface area contributed by atoms with Crippen LogP contribution in [-0.2, 0) is 6.54 Å². The summed E-state index contributed by atoms with van der Waals surface area (Å²) in [6, 6.07) is 8.27. The van der Waals surface area contributed by atoms with E-state index >= 15 is 0 Å². The van der Waals surface area contributed by atoms with E-state index in [9.17, 15) is 0 Å². The Morgan fingerprint density at radius 3 is 2.53 bits per heavy atom. The van der Waals surface area contributed by atoms with E-state index in [1.54, 1.807) is 0 Å². The van der Waals surface area contributed by atoms with Gasteiger partial charge in [-0.05, 0) is 32.8 Å². The zero-order chi connectivity index (χ0) is 12.7. The number of rotatable bonds is 7. The Bertz CT molecular complexity index is 333. The van der Waals surface area contributed by atoms with Gasteiger partial charge in [0.25, 0.3) is 0 Å². The van der Waals surface area contributed by atoms with Crippen molar-refractivity contribution in [1.82, 2.24) is 5.32 Å². The minimum atomic E-state index is 0.178. The molecule has 17 heavy (non-hydrogen) atoms. The first-order valence-corrected chi connectivity index (χ1v) is 6.55. The Balaban J connectivity index is 2.63. The molecule has 2 heteroatoms. The SMILES string of the molecule is CCCOc1ccccc1CNC(C)(C)CC. The first-order chi connectivity index (χ1) is 8.09. The van der Waals surface area contributed by atoms with E-state index in [1.807, 2.05) is 12.1 Å². The van der Waals surface area contributed by atoms with Gasteiger partial charge in [0.15, 0.2) is 0 Å². The molecule has 0 aromatic heterocycles. The number of benzene rings is 1. The largest absolute Gasteiger partial charge is 0.493 e. The van der Waals surface area contributed by atoms with Crippen molar-refractivity contribution in [2.75, 3.05) is 6.61 Å².